The van der Waals surface area contributed by atoms with Crippen LogP contribution in [0.15, 0.2) is 24.3 Å². The Balaban J connectivity index is 2.24. The van der Waals surface area contributed by atoms with Crippen molar-refractivity contribution in [1.82, 2.24) is 5.32 Å². The molecule has 1 amide bonds. The van der Waals surface area contributed by atoms with E-state index in [1.54, 1.807) is 4.90 Å². The molecule has 6 heteroatoms. The molecule has 1 aliphatic rings. The van der Waals surface area contributed by atoms with E-state index >= 15 is 0 Å². The van der Waals surface area contributed by atoms with Crippen molar-refractivity contribution >= 4 is 21.4 Å². The van der Waals surface area contributed by atoms with E-state index in [-0.39, 0.29) is 11.9 Å². The molecule has 116 valence electrons. The number of para-hydroxylation sites is 1. The molecule has 1 N–H and O–H groups in total. The van der Waals surface area contributed by atoms with Gasteiger partial charge in [0.15, 0.2) is 9.84 Å². The Morgan fingerprint density at radius 3 is 2.76 bits per heavy atom. The van der Waals surface area contributed by atoms with Gasteiger partial charge in [0.05, 0.1) is 0 Å². The molecule has 0 aromatic heterocycles. The van der Waals surface area contributed by atoms with E-state index in [0.29, 0.717) is 6.54 Å². The molecule has 0 fully saturated rings. The minimum atomic E-state index is -3.31. The first-order valence-electron chi connectivity index (χ1n) is 7.22. The quantitative estimate of drug-likeness (QED) is 0.895. The molecular formula is C15H22N2O3S. The van der Waals surface area contributed by atoms with Crippen LogP contribution in [-0.4, -0.2) is 39.4 Å². The number of amides is 1. The number of benzene rings is 1. The summed E-state index contributed by atoms with van der Waals surface area (Å²) in [5.74, 6) is -0.784. The second-order valence-corrected chi connectivity index (χ2v) is 7.61. The lowest BCUT2D eigenvalue weighted by Crippen LogP contribution is -2.42. The van der Waals surface area contributed by atoms with Gasteiger partial charge in [0.25, 0.3) is 0 Å². The van der Waals surface area contributed by atoms with Gasteiger partial charge in [0.1, 0.15) is 5.75 Å². The summed E-state index contributed by atoms with van der Waals surface area (Å²) in [5, 5.41) is 3.48. The molecule has 1 aromatic carbocycles. The van der Waals surface area contributed by atoms with E-state index in [1.165, 1.54) is 0 Å². The summed E-state index contributed by atoms with van der Waals surface area (Å²) >= 11 is 0. The molecule has 0 radical (unpaired) electrons. The number of carbonyl (C=O) groups is 1. The maximum Gasteiger partial charge on any atom is 0.242 e. The van der Waals surface area contributed by atoms with Crippen molar-refractivity contribution in [3.05, 3.63) is 29.8 Å². The Labute approximate surface area is 126 Å². The molecular weight excluding hydrogens is 288 g/mol. The number of hydrogen-bond acceptors (Lipinski definition) is 4. The van der Waals surface area contributed by atoms with Crippen molar-refractivity contribution in [3.8, 4) is 0 Å². The van der Waals surface area contributed by atoms with Crippen molar-refractivity contribution in [2.24, 2.45) is 0 Å². The Morgan fingerprint density at radius 2 is 2.10 bits per heavy atom. The van der Waals surface area contributed by atoms with Gasteiger partial charge in [-0.25, -0.2) is 8.42 Å². The number of hydrogen-bond donors (Lipinski definition) is 1. The van der Waals surface area contributed by atoms with E-state index in [1.807, 2.05) is 24.3 Å². The van der Waals surface area contributed by atoms with E-state index in [9.17, 15) is 13.2 Å². The van der Waals surface area contributed by atoms with Crippen LogP contribution in [-0.2, 0) is 14.6 Å². The average Bonchev–Trinajstić information content (AvgIpc) is 2.42. The molecule has 1 unspecified atom stereocenters. The third-order valence-corrected chi connectivity index (χ3v) is 4.34. The van der Waals surface area contributed by atoms with E-state index in [4.69, 9.17) is 0 Å². The van der Waals surface area contributed by atoms with Crippen molar-refractivity contribution in [2.75, 3.05) is 30.0 Å². The average molecular weight is 310 g/mol. The van der Waals surface area contributed by atoms with Crippen LogP contribution in [0.1, 0.15) is 31.4 Å². The van der Waals surface area contributed by atoms with Crippen LogP contribution >= 0.6 is 0 Å². The zero-order chi connectivity index (χ0) is 15.5. The lowest BCUT2D eigenvalue weighted by atomic mass is 9.96. The zero-order valence-corrected chi connectivity index (χ0v) is 13.3. The fraction of sp³-hybridized carbons (Fsp3) is 0.533. The minimum absolute atomic E-state index is 0.225. The summed E-state index contributed by atoms with van der Waals surface area (Å²) in [4.78, 5) is 13.8. The highest BCUT2D eigenvalue weighted by Gasteiger charge is 2.29. The molecule has 2 rings (SSSR count). The maximum atomic E-state index is 12.2. The molecule has 21 heavy (non-hydrogen) atoms. The molecule has 5 nitrogen and oxygen atoms in total. The van der Waals surface area contributed by atoms with Gasteiger partial charge in [-0.3, -0.25) is 4.79 Å². The summed E-state index contributed by atoms with van der Waals surface area (Å²) in [6, 6.07) is 7.94. The number of rotatable bonds is 5. The first-order chi connectivity index (χ1) is 9.92. The van der Waals surface area contributed by atoms with Gasteiger partial charge in [-0.2, -0.15) is 0 Å². The second kappa shape index (κ2) is 6.58. The largest absolute Gasteiger partial charge is 0.311 e. The number of nitrogens with zero attached hydrogens (tertiary/aromatic N) is 1. The second-order valence-electron chi connectivity index (χ2n) is 5.47. The van der Waals surface area contributed by atoms with Crippen molar-refractivity contribution < 1.29 is 13.2 Å². The smallest absolute Gasteiger partial charge is 0.242 e. The summed E-state index contributed by atoms with van der Waals surface area (Å²) in [6.07, 6.45) is 2.94. The highest BCUT2D eigenvalue weighted by molar-refractivity contribution is 7.91. The monoisotopic (exact) mass is 310 g/mol. The number of fused-ring (bicyclic) bond motifs is 1. The molecule has 1 atom stereocenters. The number of carbonyl (C=O) groups excluding carboxylic acids is 1. The summed E-state index contributed by atoms with van der Waals surface area (Å²) < 4.78 is 22.7. The van der Waals surface area contributed by atoms with E-state index < -0.39 is 15.6 Å². The maximum absolute atomic E-state index is 12.2. The van der Waals surface area contributed by atoms with Gasteiger partial charge in [-0.1, -0.05) is 25.1 Å². The van der Waals surface area contributed by atoms with Crippen LogP contribution in [0, 0.1) is 0 Å². The first-order valence-corrected chi connectivity index (χ1v) is 9.29. The predicted octanol–water partition coefficient (Wildman–Crippen LogP) is 1.51. The normalized spacial score (nSPS) is 18.4. The van der Waals surface area contributed by atoms with Crippen molar-refractivity contribution in [1.29, 1.82) is 0 Å². The lowest BCUT2D eigenvalue weighted by molar-refractivity contribution is -0.116. The standard InChI is InChI=1S/C15H22N2O3S/c1-3-9-16-13-8-10-17(15(18)11-21(2,19)20)14-7-5-4-6-12(13)14/h4-7,13,16H,3,8-11H2,1-2H3. The third-order valence-electron chi connectivity index (χ3n) is 3.57. The summed E-state index contributed by atoms with van der Waals surface area (Å²) in [5.41, 5.74) is 1.89. The Kier molecular flexibility index (Phi) is 5.00. The van der Waals surface area contributed by atoms with Crippen LogP contribution in [0.4, 0.5) is 5.69 Å². The van der Waals surface area contributed by atoms with Crippen molar-refractivity contribution in [2.45, 2.75) is 25.8 Å². The topological polar surface area (TPSA) is 66.5 Å². The molecule has 0 saturated carbocycles. The highest BCUT2D eigenvalue weighted by atomic mass is 32.2. The Hall–Kier alpha value is -1.40. The van der Waals surface area contributed by atoms with E-state index in [2.05, 4.69) is 12.2 Å². The Morgan fingerprint density at radius 1 is 1.38 bits per heavy atom. The molecule has 1 aromatic rings. The van der Waals surface area contributed by atoms with Crippen LogP contribution in [0.5, 0.6) is 0 Å². The number of nitrogens with one attached hydrogen (secondary N) is 1. The Bertz CT molecular complexity index is 613. The third kappa shape index (κ3) is 4.04. The van der Waals surface area contributed by atoms with Crippen LogP contribution < -0.4 is 10.2 Å². The number of sulfone groups is 1. The van der Waals surface area contributed by atoms with Gasteiger partial charge in [-0.15, -0.1) is 0 Å². The van der Waals surface area contributed by atoms with Gasteiger partial charge in [0.2, 0.25) is 5.91 Å². The van der Waals surface area contributed by atoms with Crippen LogP contribution in [0.25, 0.3) is 0 Å². The van der Waals surface area contributed by atoms with Crippen LogP contribution in [0.3, 0.4) is 0 Å². The molecule has 0 spiro atoms. The SMILES string of the molecule is CCCNC1CCN(C(=O)CS(C)(=O)=O)c2ccccc21. The molecule has 1 aliphatic heterocycles. The fourth-order valence-corrected chi connectivity index (χ4v) is 3.26. The van der Waals surface area contributed by atoms with E-state index in [0.717, 1.165) is 36.9 Å². The van der Waals surface area contributed by atoms with Crippen LogP contribution in [0.2, 0.25) is 0 Å². The minimum Gasteiger partial charge on any atom is -0.311 e. The summed E-state index contributed by atoms with van der Waals surface area (Å²) in [7, 11) is -3.31. The predicted molar refractivity (Wildman–Crippen MR) is 84.2 cm³/mol. The molecule has 0 saturated heterocycles. The van der Waals surface area contributed by atoms with Crippen molar-refractivity contribution in [3.63, 3.8) is 0 Å². The van der Waals surface area contributed by atoms with Gasteiger partial charge < -0.3 is 10.2 Å². The van der Waals surface area contributed by atoms with Gasteiger partial charge in [0, 0.05) is 24.5 Å². The molecule has 1 heterocycles. The van der Waals surface area contributed by atoms with Gasteiger partial charge in [-0.05, 0) is 31.0 Å². The zero-order valence-electron chi connectivity index (χ0n) is 12.5. The first kappa shape index (κ1) is 16.0. The fourth-order valence-electron chi connectivity index (χ4n) is 2.65. The number of anilines is 1. The summed E-state index contributed by atoms with van der Waals surface area (Å²) in [6.45, 7) is 3.59. The lowest BCUT2D eigenvalue weighted by Gasteiger charge is -2.34. The van der Waals surface area contributed by atoms with Gasteiger partial charge >= 0.3 is 0 Å². The molecule has 0 bridgehead atoms. The highest BCUT2D eigenvalue weighted by Crippen LogP contribution is 2.33. The molecule has 0 aliphatic carbocycles.